The second-order valence-electron chi connectivity index (χ2n) is 4.15. The molecular formula is C12H15Cl2NO2. The van der Waals surface area contributed by atoms with Gasteiger partial charge in [0.1, 0.15) is 0 Å². The van der Waals surface area contributed by atoms with E-state index in [4.69, 9.17) is 27.9 Å². The third-order valence-corrected chi connectivity index (χ3v) is 3.43. The molecule has 0 radical (unpaired) electrons. The highest BCUT2D eigenvalue weighted by atomic mass is 35.5. The molecule has 2 atom stereocenters. The topological polar surface area (TPSA) is 41.5 Å². The Morgan fingerprint density at radius 3 is 3.00 bits per heavy atom. The number of rotatable bonds is 4. The van der Waals surface area contributed by atoms with Crippen LogP contribution in [-0.2, 0) is 4.74 Å². The smallest absolute Gasteiger partial charge is 0.0929 e. The van der Waals surface area contributed by atoms with Crippen LogP contribution in [-0.4, -0.2) is 30.9 Å². The van der Waals surface area contributed by atoms with Crippen molar-refractivity contribution in [2.75, 3.05) is 19.8 Å². The van der Waals surface area contributed by atoms with Gasteiger partial charge in [0.25, 0.3) is 0 Å². The van der Waals surface area contributed by atoms with Crippen molar-refractivity contribution < 1.29 is 9.84 Å². The van der Waals surface area contributed by atoms with Gasteiger partial charge >= 0.3 is 0 Å². The zero-order valence-corrected chi connectivity index (χ0v) is 10.8. The average Bonchev–Trinajstić information content (AvgIpc) is 2.82. The third kappa shape index (κ3) is 3.57. The predicted molar refractivity (Wildman–Crippen MR) is 68.6 cm³/mol. The molecule has 0 bridgehead atoms. The first-order valence-electron chi connectivity index (χ1n) is 5.61. The third-order valence-electron chi connectivity index (χ3n) is 2.85. The van der Waals surface area contributed by atoms with E-state index >= 15 is 0 Å². The standard InChI is InChI=1S/C12H15Cl2NO2/c13-8-1-2-11(14)10(5-8)12(16)6-15-9-3-4-17-7-9/h1-2,5,9,12,15-16H,3-4,6-7H2. The van der Waals surface area contributed by atoms with Crippen LogP contribution >= 0.6 is 23.2 Å². The first kappa shape index (κ1) is 13.1. The van der Waals surface area contributed by atoms with Gasteiger partial charge in [-0.15, -0.1) is 0 Å². The van der Waals surface area contributed by atoms with E-state index in [0.29, 0.717) is 34.8 Å². The molecular weight excluding hydrogens is 261 g/mol. The average molecular weight is 276 g/mol. The summed E-state index contributed by atoms with van der Waals surface area (Å²) in [7, 11) is 0. The van der Waals surface area contributed by atoms with E-state index in [1.54, 1.807) is 18.2 Å². The van der Waals surface area contributed by atoms with E-state index in [0.717, 1.165) is 13.0 Å². The Hall–Kier alpha value is -0.320. The molecule has 1 heterocycles. The van der Waals surface area contributed by atoms with Crippen LogP contribution in [0.3, 0.4) is 0 Å². The number of aliphatic hydroxyl groups is 1. The maximum atomic E-state index is 10.0. The van der Waals surface area contributed by atoms with E-state index in [2.05, 4.69) is 5.32 Å². The Balaban J connectivity index is 1.93. The molecule has 0 amide bonds. The van der Waals surface area contributed by atoms with Gasteiger partial charge in [0.2, 0.25) is 0 Å². The van der Waals surface area contributed by atoms with E-state index in [1.165, 1.54) is 0 Å². The van der Waals surface area contributed by atoms with Gasteiger partial charge in [0.15, 0.2) is 0 Å². The van der Waals surface area contributed by atoms with Crippen molar-refractivity contribution in [1.82, 2.24) is 5.32 Å². The largest absolute Gasteiger partial charge is 0.387 e. The second kappa shape index (κ2) is 6.03. The number of hydrogen-bond acceptors (Lipinski definition) is 3. The molecule has 1 aliphatic heterocycles. The Bertz CT molecular complexity index is 381. The fourth-order valence-electron chi connectivity index (χ4n) is 1.85. The van der Waals surface area contributed by atoms with Crippen LogP contribution in [0.15, 0.2) is 18.2 Å². The quantitative estimate of drug-likeness (QED) is 0.887. The maximum Gasteiger partial charge on any atom is 0.0929 e. The zero-order valence-electron chi connectivity index (χ0n) is 9.33. The molecule has 2 N–H and O–H groups in total. The summed E-state index contributed by atoms with van der Waals surface area (Å²) in [5.74, 6) is 0. The highest BCUT2D eigenvalue weighted by Crippen LogP contribution is 2.26. The first-order valence-corrected chi connectivity index (χ1v) is 6.36. The highest BCUT2D eigenvalue weighted by molar-refractivity contribution is 6.33. The molecule has 1 saturated heterocycles. The number of nitrogens with one attached hydrogen (secondary N) is 1. The minimum Gasteiger partial charge on any atom is -0.387 e. The molecule has 0 saturated carbocycles. The molecule has 1 aromatic rings. The van der Waals surface area contributed by atoms with E-state index in [-0.39, 0.29) is 0 Å². The van der Waals surface area contributed by atoms with Gasteiger partial charge < -0.3 is 15.2 Å². The molecule has 3 nitrogen and oxygen atoms in total. The van der Waals surface area contributed by atoms with E-state index in [1.807, 2.05) is 0 Å². The fraction of sp³-hybridized carbons (Fsp3) is 0.500. The summed E-state index contributed by atoms with van der Waals surface area (Å²) in [5.41, 5.74) is 0.658. The minimum atomic E-state index is -0.651. The lowest BCUT2D eigenvalue weighted by atomic mass is 10.1. The predicted octanol–water partition coefficient (Wildman–Crippen LogP) is 2.41. The zero-order chi connectivity index (χ0) is 12.3. The summed E-state index contributed by atoms with van der Waals surface area (Å²) in [4.78, 5) is 0. The molecule has 94 valence electrons. The van der Waals surface area contributed by atoms with Crippen LogP contribution in [0.5, 0.6) is 0 Å². The monoisotopic (exact) mass is 275 g/mol. The van der Waals surface area contributed by atoms with Crippen molar-refractivity contribution in [3.8, 4) is 0 Å². The Kier molecular flexibility index (Phi) is 4.65. The molecule has 1 aliphatic rings. The van der Waals surface area contributed by atoms with E-state index in [9.17, 15) is 5.11 Å². The van der Waals surface area contributed by atoms with Crippen LogP contribution in [0.4, 0.5) is 0 Å². The molecule has 0 aromatic heterocycles. The summed E-state index contributed by atoms with van der Waals surface area (Å²) in [6.07, 6.45) is 0.331. The molecule has 1 fully saturated rings. The molecule has 0 spiro atoms. The second-order valence-corrected chi connectivity index (χ2v) is 4.99. The summed E-state index contributed by atoms with van der Waals surface area (Å²) in [6, 6.07) is 5.42. The molecule has 2 rings (SSSR count). The lowest BCUT2D eigenvalue weighted by Gasteiger charge is -2.16. The van der Waals surface area contributed by atoms with Crippen molar-refractivity contribution in [3.05, 3.63) is 33.8 Å². The number of halogens is 2. The van der Waals surface area contributed by atoms with Crippen molar-refractivity contribution in [3.63, 3.8) is 0 Å². The molecule has 5 heteroatoms. The van der Waals surface area contributed by atoms with Crippen molar-refractivity contribution in [2.45, 2.75) is 18.6 Å². The van der Waals surface area contributed by atoms with Gasteiger partial charge in [-0.1, -0.05) is 23.2 Å². The number of aliphatic hydroxyl groups excluding tert-OH is 1. The van der Waals surface area contributed by atoms with E-state index < -0.39 is 6.10 Å². The Labute approximate surface area is 111 Å². The maximum absolute atomic E-state index is 10.0. The van der Waals surface area contributed by atoms with Crippen molar-refractivity contribution in [1.29, 1.82) is 0 Å². The lowest BCUT2D eigenvalue weighted by molar-refractivity contribution is 0.161. The summed E-state index contributed by atoms with van der Waals surface area (Å²) < 4.78 is 5.25. The van der Waals surface area contributed by atoms with Crippen molar-refractivity contribution >= 4 is 23.2 Å². The van der Waals surface area contributed by atoms with Crippen LogP contribution in [0.1, 0.15) is 18.1 Å². The summed E-state index contributed by atoms with van der Waals surface area (Å²) in [5, 5.41) is 14.4. The van der Waals surface area contributed by atoms with Gasteiger partial charge in [-0.25, -0.2) is 0 Å². The SMILES string of the molecule is OC(CNC1CCOC1)c1cc(Cl)ccc1Cl. The van der Waals surface area contributed by atoms with Crippen LogP contribution < -0.4 is 5.32 Å². The Morgan fingerprint density at radius 1 is 1.47 bits per heavy atom. The molecule has 17 heavy (non-hydrogen) atoms. The molecule has 1 aromatic carbocycles. The van der Waals surface area contributed by atoms with Gasteiger partial charge in [0, 0.05) is 34.8 Å². The Morgan fingerprint density at radius 2 is 2.29 bits per heavy atom. The van der Waals surface area contributed by atoms with Gasteiger partial charge in [-0.2, -0.15) is 0 Å². The fourth-order valence-corrected chi connectivity index (χ4v) is 2.28. The van der Waals surface area contributed by atoms with Gasteiger partial charge in [-0.05, 0) is 24.6 Å². The van der Waals surface area contributed by atoms with Crippen LogP contribution in [0, 0.1) is 0 Å². The number of ether oxygens (including phenoxy) is 1. The van der Waals surface area contributed by atoms with Crippen LogP contribution in [0.2, 0.25) is 10.0 Å². The number of hydrogen-bond donors (Lipinski definition) is 2. The highest BCUT2D eigenvalue weighted by Gasteiger charge is 2.18. The van der Waals surface area contributed by atoms with Gasteiger partial charge in [0.05, 0.1) is 12.7 Å². The lowest BCUT2D eigenvalue weighted by Crippen LogP contribution is -2.33. The van der Waals surface area contributed by atoms with Crippen LogP contribution in [0.25, 0.3) is 0 Å². The van der Waals surface area contributed by atoms with Gasteiger partial charge in [-0.3, -0.25) is 0 Å². The minimum absolute atomic E-state index is 0.322. The normalized spacial score (nSPS) is 21.7. The van der Waals surface area contributed by atoms with Crippen molar-refractivity contribution in [2.24, 2.45) is 0 Å². The molecule has 2 unspecified atom stereocenters. The number of benzene rings is 1. The summed E-state index contributed by atoms with van der Waals surface area (Å²) >= 11 is 11.9. The first-order chi connectivity index (χ1) is 8.16. The molecule has 0 aliphatic carbocycles. The summed E-state index contributed by atoms with van der Waals surface area (Å²) in [6.45, 7) is 1.94.